The van der Waals surface area contributed by atoms with E-state index < -0.39 is 15.7 Å². The van der Waals surface area contributed by atoms with Gasteiger partial charge >= 0.3 is 0 Å². The first-order valence-electron chi connectivity index (χ1n) is 11.3. The number of hydrogen-bond donors (Lipinski definition) is 3. The number of aromatic nitrogens is 3. The summed E-state index contributed by atoms with van der Waals surface area (Å²) in [5, 5.41) is 8.61. The number of carbonyl (C=O) groups excluding carboxylic acids is 1. The van der Waals surface area contributed by atoms with E-state index in [1.54, 1.807) is 4.90 Å². The first kappa shape index (κ1) is 25.4. The molecule has 4 N–H and O–H groups in total. The minimum atomic E-state index is -3.41. The Kier molecular flexibility index (Phi) is 6.85. The molecule has 0 aliphatic carbocycles. The standard InChI is InChI=1S/C23H28FN7O4S/c1-13-4-5-14(12-30(13)22(32)18-7-6-16(11-27-18)36(3,33)34)10-28-31-21(25)17-8-15(24)9-19(35-2)20(17)29-23(31)26/h6-9,11,13-14,26,28H,4-5,10,12,25H2,1-3H3/t13-,14-/m0/s1. The van der Waals surface area contributed by atoms with Crippen molar-refractivity contribution in [1.29, 1.82) is 5.41 Å². The highest BCUT2D eigenvalue weighted by molar-refractivity contribution is 7.90. The van der Waals surface area contributed by atoms with Crippen LogP contribution in [0.25, 0.3) is 10.9 Å². The highest BCUT2D eigenvalue weighted by atomic mass is 32.2. The van der Waals surface area contributed by atoms with Crippen LogP contribution in [0.5, 0.6) is 5.75 Å². The molecular formula is C23H28FN7O4S. The number of benzene rings is 1. The highest BCUT2D eigenvalue weighted by Gasteiger charge is 2.30. The summed E-state index contributed by atoms with van der Waals surface area (Å²) in [7, 11) is -2.02. The number of nitrogens with two attached hydrogens (primary N) is 1. The zero-order valence-corrected chi connectivity index (χ0v) is 21.0. The van der Waals surface area contributed by atoms with E-state index in [4.69, 9.17) is 15.9 Å². The predicted octanol–water partition coefficient (Wildman–Crippen LogP) is 1.53. The summed E-state index contributed by atoms with van der Waals surface area (Å²) in [5.41, 5.74) is 9.63. The molecule has 0 unspecified atom stereocenters. The Balaban J connectivity index is 1.51. The molecule has 1 fully saturated rings. The van der Waals surface area contributed by atoms with Crippen LogP contribution in [0.1, 0.15) is 30.3 Å². The number of halogens is 1. The van der Waals surface area contributed by atoms with Crippen LogP contribution in [0.15, 0.2) is 35.4 Å². The number of ether oxygens (including phenoxy) is 1. The molecule has 1 aliphatic heterocycles. The smallest absolute Gasteiger partial charge is 0.272 e. The average molecular weight is 518 g/mol. The molecule has 1 amide bonds. The van der Waals surface area contributed by atoms with E-state index in [9.17, 15) is 17.6 Å². The molecule has 1 saturated heterocycles. The SMILES string of the molecule is COc1cc(F)cc2c(N)n(NC[C@@H]3CC[C@H](C)N(C(=O)c4ccc(S(C)(=O)=O)cn4)C3)c(=N)nc12. The van der Waals surface area contributed by atoms with Crippen molar-refractivity contribution < 1.29 is 22.3 Å². The molecule has 3 aromatic rings. The lowest BCUT2D eigenvalue weighted by molar-refractivity contribution is 0.0561. The quantitative estimate of drug-likeness (QED) is 0.444. The van der Waals surface area contributed by atoms with Gasteiger partial charge in [0.25, 0.3) is 5.91 Å². The molecule has 4 rings (SSSR count). The van der Waals surface area contributed by atoms with Crippen molar-refractivity contribution in [3.05, 3.63) is 47.6 Å². The fourth-order valence-electron chi connectivity index (χ4n) is 4.32. The second-order valence-corrected chi connectivity index (χ2v) is 10.9. The summed E-state index contributed by atoms with van der Waals surface area (Å²) < 4.78 is 43.8. The molecule has 3 heterocycles. The van der Waals surface area contributed by atoms with Crippen LogP contribution in [0.4, 0.5) is 10.2 Å². The Morgan fingerprint density at radius 3 is 2.72 bits per heavy atom. The van der Waals surface area contributed by atoms with Crippen molar-refractivity contribution in [3.63, 3.8) is 0 Å². The predicted molar refractivity (Wildman–Crippen MR) is 131 cm³/mol. The maximum Gasteiger partial charge on any atom is 0.272 e. The summed E-state index contributed by atoms with van der Waals surface area (Å²) >= 11 is 0. The van der Waals surface area contributed by atoms with Gasteiger partial charge in [0.1, 0.15) is 28.6 Å². The number of anilines is 1. The van der Waals surface area contributed by atoms with Gasteiger partial charge in [-0.2, -0.15) is 0 Å². The van der Waals surface area contributed by atoms with E-state index in [-0.39, 0.29) is 51.2 Å². The number of pyridine rings is 1. The van der Waals surface area contributed by atoms with Gasteiger partial charge in [-0.15, -0.1) is 0 Å². The topological polar surface area (TPSA) is 156 Å². The fourth-order valence-corrected chi connectivity index (χ4v) is 4.88. The number of carbonyl (C=O) groups is 1. The summed E-state index contributed by atoms with van der Waals surface area (Å²) in [5.74, 6) is -0.480. The molecule has 1 aromatic carbocycles. The van der Waals surface area contributed by atoms with Crippen LogP contribution < -0.4 is 21.5 Å². The number of likely N-dealkylation sites (tertiary alicyclic amines) is 1. The average Bonchev–Trinajstić information content (AvgIpc) is 2.84. The number of nitrogen functional groups attached to an aromatic ring is 1. The molecule has 36 heavy (non-hydrogen) atoms. The highest BCUT2D eigenvalue weighted by Crippen LogP contribution is 2.28. The molecular weight excluding hydrogens is 489 g/mol. The lowest BCUT2D eigenvalue weighted by Crippen LogP contribution is -2.48. The van der Waals surface area contributed by atoms with Gasteiger partial charge in [-0.05, 0) is 43.9 Å². The van der Waals surface area contributed by atoms with Crippen LogP contribution in [-0.2, 0) is 9.84 Å². The Morgan fingerprint density at radius 1 is 1.33 bits per heavy atom. The van der Waals surface area contributed by atoms with Crippen LogP contribution in [0.2, 0.25) is 0 Å². The molecule has 192 valence electrons. The van der Waals surface area contributed by atoms with Crippen LogP contribution in [-0.4, -0.2) is 66.4 Å². The minimum absolute atomic E-state index is 0.0210. The van der Waals surface area contributed by atoms with Crippen molar-refractivity contribution >= 4 is 32.5 Å². The van der Waals surface area contributed by atoms with Gasteiger partial charge in [-0.3, -0.25) is 10.2 Å². The normalized spacial score (nSPS) is 18.3. The van der Waals surface area contributed by atoms with Crippen molar-refractivity contribution in [3.8, 4) is 5.75 Å². The Morgan fingerprint density at radius 2 is 2.08 bits per heavy atom. The summed E-state index contributed by atoms with van der Waals surface area (Å²) in [6.07, 6.45) is 3.86. The monoisotopic (exact) mass is 517 g/mol. The molecule has 2 atom stereocenters. The third-order valence-corrected chi connectivity index (χ3v) is 7.47. The second-order valence-electron chi connectivity index (χ2n) is 8.92. The first-order chi connectivity index (χ1) is 17.0. The van der Waals surface area contributed by atoms with Gasteiger partial charge < -0.3 is 20.8 Å². The minimum Gasteiger partial charge on any atom is -0.494 e. The van der Waals surface area contributed by atoms with E-state index in [1.165, 1.54) is 42.2 Å². The largest absolute Gasteiger partial charge is 0.494 e. The molecule has 13 heteroatoms. The van der Waals surface area contributed by atoms with E-state index in [0.717, 1.165) is 19.1 Å². The van der Waals surface area contributed by atoms with Gasteiger partial charge in [0.2, 0.25) is 5.62 Å². The maximum absolute atomic E-state index is 14.0. The van der Waals surface area contributed by atoms with Crippen molar-refractivity contribution in [2.75, 3.05) is 37.6 Å². The van der Waals surface area contributed by atoms with Crippen molar-refractivity contribution in [2.45, 2.75) is 30.7 Å². The van der Waals surface area contributed by atoms with Crippen LogP contribution in [0.3, 0.4) is 0 Å². The lowest BCUT2D eigenvalue weighted by atomic mass is 9.93. The number of piperidine rings is 1. The molecule has 0 bridgehead atoms. The number of methoxy groups -OCH3 is 1. The number of nitrogens with one attached hydrogen (secondary N) is 2. The number of hydrogen-bond acceptors (Lipinski definition) is 9. The van der Waals surface area contributed by atoms with Crippen LogP contribution in [0, 0.1) is 17.1 Å². The summed E-state index contributed by atoms with van der Waals surface area (Å²) in [6.45, 7) is 2.77. The van der Waals surface area contributed by atoms with Gasteiger partial charge in [0.15, 0.2) is 9.84 Å². The fraction of sp³-hybridized carbons (Fsp3) is 0.391. The number of fused-ring (bicyclic) bond motifs is 1. The molecule has 11 nitrogen and oxygen atoms in total. The van der Waals surface area contributed by atoms with Crippen LogP contribution >= 0.6 is 0 Å². The maximum atomic E-state index is 14.0. The third kappa shape index (κ3) is 4.96. The number of nitrogens with zero attached hydrogens (tertiary/aromatic N) is 4. The van der Waals surface area contributed by atoms with Gasteiger partial charge in [-0.25, -0.2) is 27.5 Å². The number of rotatable bonds is 6. The van der Waals surface area contributed by atoms with Gasteiger partial charge in [0, 0.05) is 43.0 Å². The first-order valence-corrected chi connectivity index (χ1v) is 13.2. The zero-order valence-electron chi connectivity index (χ0n) is 20.2. The molecule has 1 aliphatic rings. The lowest BCUT2D eigenvalue weighted by Gasteiger charge is -2.38. The molecule has 0 saturated carbocycles. The van der Waals surface area contributed by atoms with Gasteiger partial charge in [-0.1, -0.05) is 0 Å². The third-order valence-electron chi connectivity index (χ3n) is 6.37. The Bertz CT molecular complexity index is 1470. The second kappa shape index (κ2) is 9.72. The molecule has 0 spiro atoms. The number of sulfone groups is 1. The van der Waals surface area contributed by atoms with Gasteiger partial charge in [0.05, 0.1) is 12.0 Å². The summed E-state index contributed by atoms with van der Waals surface area (Å²) in [6, 6.07) is 5.20. The van der Waals surface area contributed by atoms with E-state index >= 15 is 0 Å². The van der Waals surface area contributed by atoms with E-state index in [2.05, 4.69) is 15.4 Å². The van der Waals surface area contributed by atoms with E-state index in [0.29, 0.717) is 18.5 Å². The summed E-state index contributed by atoms with van der Waals surface area (Å²) in [4.78, 5) is 23.2. The zero-order chi connectivity index (χ0) is 26.2. The van der Waals surface area contributed by atoms with Crippen molar-refractivity contribution in [1.82, 2.24) is 19.5 Å². The van der Waals surface area contributed by atoms with Crippen molar-refractivity contribution in [2.24, 2.45) is 5.92 Å². The van der Waals surface area contributed by atoms with E-state index in [1.807, 2.05) is 6.92 Å². The Hall–Kier alpha value is -3.74. The number of amides is 1. The molecule has 2 aromatic heterocycles. The molecule has 0 radical (unpaired) electrons. The Labute approximate surface area is 207 Å².